The Labute approximate surface area is 262 Å². The highest BCUT2D eigenvalue weighted by Crippen LogP contribution is 2.43. The Balaban J connectivity index is 1.67. The Morgan fingerprint density at radius 1 is 1.07 bits per heavy atom. The average molecular weight is 674 g/mol. The molecule has 2 unspecified atom stereocenters. The van der Waals surface area contributed by atoms with Crippen molar-refractivity contribution in [3.8, 4) is 0 Å². The van der Waals surface area contributed by atoms with E-state index in [0.29, 0.717) is 34.5 Å². The van der Waals surface area contributed by atoms with Crippen molar-refractivity contribution in [1.82, 2.24) is 10.2 Å². The number of benzene rings is 1. The summed E-state index contributed by atoms with van der Waals surface area (Å²) >= 11 is 0. The highest BCUT2D eigenvalue weighted by Gasteiger charge is 2.56. The van der Waals surface area contributed by atoms with E-state index in [1.54, 1.807) is 39.8 Å². The molecule has 0 bridgehead atoms. The first kappa shape index (κ1) is 34.9. The Bertz CT molecular complexity index is 1630. The maximum atomic E-state index is 16.4. The molecule has 2 saturated heterocycles. The van der Waals surface area contributed by atoms with E-state index in [2.05, 4.69) is 10.1 Å². The normalized spacial score (nSPS) is 25.7. The van der Waals surface area contributed by atoms with Gasteiger partial charge < -0.3 is 16.2 Å². The first-order valence-electron chi connectivity index (χ1n) is 14.3. The van der Waals surface area contributed by atoms with Gasteiger partial charge in [0.25, 0.3) is 5.91 Å². The molecule has 2 heterocycles. The summed E-state index contributed by atoms with van der Waals surface area (Å²) in [6.45, 7) is 5.95. The van der Waals surface area contributed by atoms with Gasteiger partial charge in [0, 0.05) is 24.7 Å². The van der Waals surface area contributed by atoms with Crippen molar-refractivity contribution in [2.45, 2.75) is 69.4 Å². The van der Waals surface area contributed by atoms with Gasteiger partial charge in [-0.05, 0) is 94.0 Å². The van der Waals surface area contributed by atoms with Gasteiger partial charge in [-0.15, -0.1) is 13.2 Å². The molecule has 0 spiro atoms. The van der Waals surface area contributed by atoms with Crippen molar-refractivity contribution in [1.29, 1.82) is 0 Å². The molecule has 4 rings (SSSR count). The number of halogens is 4. The van der Waals surface area contributed by atoms with Crippen LogP contribution in [0.3, 0.4) is 0 Å². The number of urea groups is 1. The van der Waals surface area contributed by atoms with Gasteiger partial charge in [0.1, 0.15) is 5.54 Å². The van der Waals surface area contributed by atoms with Gasteiger partial charge in [0.15, 0.2) is 20.3 Å². The molecule has 1 aromatic rings. The fraction of sp³-hybridized carbons (Fsp3) is 0.517. The Kier molecular flexibility index (Phi) is 8.85. The van der Waals surface area contributed by atoms with E-state index in [9.17, 15) is 40.8 Å². The molecular formula is C29H35F4N5O7S. The van der Waals surface area contributed by atoms with Crippen LogP contribution in [0.1, 0.15) is 43.4 Å². The predicted octanol–water partition coefficient (Wildman–Crippen LogP) is 2.17. The molecule has 1 aliphatic carbocycles. The smallest absolute Gasteiger partial charge is 0.405 e. The van der Waals surface area contributed by atoms with Gasteiger partial charge in [-0.3, -0.25) is 29.5 Å². The summed E-state index contributed by atoms with van der Waals surface area (Å²) in [4.78, 5) is 51.2. The lowest BCUT2D eigenvalue weighted by atomic mass is 9.90. The fourth-order valence-corrected chi connectivity index (χ4v) is 7.82. The second kappa shape index (κ2) is 11.7. The molecule has 252 valence electrons. The summed E-state index contributed by atoms with van der Waals surface area (Å²) < 4.78 is 85.6. The number of hydrogen-bond acceptors (Lipinski definition) is 8. The largest absolute Gasteiger partial charge is 0.572 e. The number of ether oxygens (including phenoxy) is 1. The molecular weight excluding hydrogens is 638 g/mol. The lowest BCUT2D eigenvalue weighted by molar-refractivity contribution is -0.315. The summed E-state index contributed by atoms with van der Waals surface area (Å²) in [7, 11) is -4.78. The average Bonchev–Trinajstić information content (AvgIpc) is 3.13. The molecule has 2 atom stereocenters. The zero-order valence-corrected chi connectivity index (χ0v) is 26.4. The third kappa shape index (κ3) is 6.09. The summed E-state index contributed by atoms with van der Waals surface area (Å²) in [6.07, 6.45) is -4.25. The van der Waals surface area contributed by atoms with Crippen molar-refractivity contribution in [2.75, 3.05) is 23.7 Å². The van der Waals surface area contributed by atoms with E-state index in [4.69, 9.17) is 11.5 Å². The van der Waals surface area contributed by atoms with Crippen LogP contribution in [-0.4, -0.2) is 78.4 Å². The van der Waals surface area contributed by atoms with Crippen LogP contribution in [0.5, 0.6) is 0 Å². The summed E-state index contributed by atoms with van der Waals surface area (Å²) in [5.74, 6) is -8.77. The van der Waals surface area contributed by atoms with Gasteiger partial charge in [-0.1, -0.05) is 0 Å². The number of nitrogens with one attached hydrogen (secondary N) is 1. The van der Waals surface area contributed by atoms with Crippen LogP contribution in [0.15, 0.2) is 36.1 Å². The van der Waals surface area contributed by atoms with Crippen LogP contribution >= 0.6 is 0 Å². The molecule has 0 radical (unpaired) electrons. The zero-order valence-electron chi connectivity index (χ0n) is 25.5. The van der Waals surface area contributed by atoms with E-state index in [0.717, 1.165) is 4.90 Å². The van der Waals surface area contributed by atoms with Crippen molar-refractivity contribution in [3.05, 3.63) is 52.8 Å². The Hall–Kier alpha value is -3.99. The number of sulfone groups is 1. The molecule has 12 nitrogen and oxygen atoms in total. The van der Waals surface area contributed by atoms with Crippen molar-refractivity contribution < 1.29 is 49.9 Å². The zero-order chi connectivity index (χ0) is 34.6. The summed E-state index contributed by atoms with van der Waals surface area (Å²) in [5.41, 5.74) is 11.5. The molecule has 5 N–H and O–H groups in total. The van der Waals surface area contributed by atoms with Gasteiger partial charge >= 0.3 is 12.4 Å². The maximum Gasteiger partial charge on any atom is 0.572 e. The van der Waals surface area contributed by atoms with Crippen LogP contribution in [0, 0.1) is 19.8 Å². The number of piperidine rings is 1. The quantitative estimate of drug-likeness (QED) is 0.154. The van der Waals surface area contributed by atoms with E-state index in [-0.39, 0.29) is 38.4 Å². The molecule has 17 heteroatoms. The van der Waals surface area contributed by atoms with Crippen LogP contribution in [0.2, 0.25) is 0 Å². The number of carbonyl (C=O) groups excluding carboxylic acids is 4. The molecule has 0 saturated carbocycles. The van der Waals surface area contributed by atoms with E-state index < -0.39 is 73.5 Å². The number of anilines is 1. The number of aryl methyl sites for hydroxylation is 2. The minimum atomic E-state index is -5.46. The van der Waals surface area contributed by atoms with Crippen molar-refractivity contribution >= 4 is 39.3 Å². The number of rotatable bonds is 9. The van der Waals surface area contributed by atoms with Crippen LogP contribution < -0.4 is 21.7 Å². The SMILES string of the molecule is Cc1cc(N2C(=O)NC(=O)C2(C)C)cc(C)c1CCS(=O)(=O)C1(C(N)=O)C=CC(F)(N2CCC(C(N)=O)CC2)C(OC(F)(F)F)=C1. The third-order valence-electron chi connectivity index (χ3n) is 8.82. The van der Waals surface area contributed by atoms with Crippen LogP contribution in [0.25, 0.3) is 0 Å². The molecule has 1 aromatic carbocycles. The number of hydrogen-bond donors (Lipinski definition) is 3. The van der Waals surface area contributed by atoms with Crippen molar-refractivity contribution in [3.63, 3.8) is 0 Å². The monoisotopic (exact) mass is 673 g/mol. The minimum Gasteiger partial charge on any atom is -0.405 e. The van der Waals surface area contributed by atoms with Crippen molar-refractivity contribution in [2.24, 2.45) is 17.4 Å². The van der Waals surface area contributed by atoms with E-state index >= 15 is 4.39 Å². The summed E-state index contributed by atoms with van der Waals surface area (Å²) in [6, 6.07) is 2.52. The number of alkyl halides is 4. The lowest BCUT2D eigenvalue weighted by Crippen LogP contribution is -2.57. The second-order valence-electron chi connectivity index (χ2n) is 12.2. The Morgan fingerprint density at radius 2 is 1.63 bits per heavy atom. The number of nitrogens with zero attached hydrogens (tertiary/aromatic N) is 2. The fourth-order valence-electron chi connectivity index (χ4n) is 6.14. The highest BCUT2D eigenvalue weighted by atomic mass is 32.2. The van der Waals surface area contributed by atoms with Gasteiger partial charge in [0.05, 0.1) is 5.75 Å². The standard InChI is InChI=1S/C29H35F4N5O7S/c1-16-13-19(38-25(42)36-24(41)26(38,3)4)14-17(2)20(16)7-12-46(43,44)27(23(35)40)8-9-28(30,21(15-27)45-29(31,32)33)37-10-5-18(6-11-37)22(34)39/h8-9,13-15,18H,5-7,10-12H2,1-4H3,(H2,34,39)(H2,35,40)(H,36,41,42). The van der Waals surface area contributed by atoms with Crippen LogP contribution in [-0.2, 0) is 35.4 Å². The molecule has 5 amide bonds. The number of amides is 5. The van der Waals surface area contributed by atoms with E-state index in [1.807, 2.05) is 0 Å². The number of primary amides is 2. The van der Waals surface area contributed by atoms with Gasteiger partial charge in [0.2, 0.25) is 17.6 Å². The number of imide groups is 1. The lowest BCUT2D eigenvalue weighted by Gasteiger charge is -2.43. The molecule has 46 heavy (non-hydrogen) atoms. The summed E-state index contributed by atoms with van der Waals surface area (Å²) in [5, 5.41) is 2.24. The maximum absolute atomic E-state index is 16.4. The second-order valence-corrected chi connectivity index (χ2v) is 14.5. The molecule has 2 aliphatic heterocycles. The highest BCUT2D eigenvalue weighted by molar-refractivity contribution is 7.94. The number of nitrogens with two attached hydrogens (primary N) is 2. The van der Waals surface area contributed by atoms with Gasteiger partial charge in [-0.25, -0.2) is 17.6 Å². The Morgan fingerprint density at radius 3 is 2.09 bits per heavy atom. The number of likely N-dealkylation sites (tertiary alicyclic amines) is 1. The third-order valence-corrected chi connectivity index (χ3v) is 11.0. The first-order valence-corrected chi connectivity index (χ1v) is 15.9. The van der Waals surface area contributed by atoms with Crippen LogP contribution in [0.4, 0.5) is 28.0 Å². The molecule has 3 aliphatic rings. The topological polar surface area (TPSA) is 182 Å². The molecule has 0 aromatic heterocycles. The minimum absolute atomic E-state index is 0.0289. The first-order chi connectivity index (χ1) is 21.1. The predicted molar refractivity (Wildman–Crippen MR) is 157 cm³/mol. The molecule has 2 fully saturated rings. The van der Waals surface area contributed by atoms with E-state index in [1.165, 1.54) is 4.90 Å². The number of carbonyl (C=O) groups is 4. The van der Waals surface area contributed by atoms with Gasteiger partial charge in [-0.2, -0.15) is 0 Å².